The number of carbonyl (C=O) groups excluding carboxylic acids is 2. The van der Waals surface area contributed by atoms with Gasteiger partial charge in [-0.1, -0.05) is 41.9 Å². The molecule has 1 aromatic heterocycles. The molecule has 0 spiro atoms. The third kappa shape index (κ3) is 6.57. The summed E-state index contributed by atoms with van der Waals surface area (Å²) in [6.07, 6.45) is -6.71. The molecule has 1 fully saturated rings. The predicted octanol–water partition coefficient (Wildman–Crippen LogP) is 5.26. The van der Waals surface area contributed by atoms with Gasteiger partial charge in [-0.2, -0.15) is 17.9 Å². The van der Waals surface area contributed by atoms with Crippen LogP contribution < -0.4 is 4.72 Å². The fraction of sp³-hybridized carbons (Fsp3) is 0.250. The van der Waals surface area contributed by atoms with Crippen LogP contribution >= 0.6 is 22.9 Å². The van der Waals surface area contributed by atoms with Crippen molar-refractivity contribution in [1.29, 1.82) is 0 Å². The van der Waals surface area contributed by atoms with E-state index in [-0.39, 0.29) is 17.4 Å². The van der Waals surface area contributed by atoms with Crippen molar-refractivity contribution in [3.05, 3.63) is 87.8 Å². The SMILES string of the molecule is O=C1OCC(Cc2ccccc2)N1C(=O)[C@@H](NS(=O)(=O)c1ccc(Cl)s1)[C@@H](c1cc(F)cc(F)c1)C(F)(F)F. The Morgan fingerprint density at radius 2 is 1.74 bits per heavy atom. The molecule has 1 aliphatic heterocycles. The summed E-state index contributed by atoms with van der Waals surface area (Å²) in [6, 6.07) is 7.67. The van der Waals surface area contributed by atoms with Gasteiger partial charge in [0, 0.05) is 6.07 Å². The number of sulfonamides is 1. The molecule has 208 valence electrons. The molecule has 7 nitrogen and oxygen atoms in total. The quantitative estimate of drug-likeness (QED) is 0.352. The molecule has 0 bridgehead atoms. The van der Waals surface area contributed by atoms with Crippen LogP contribution in [0.5, 0.6) is 0 Å². The fourth-order valence-electron chi connectivity index (χ4n) is 4.17. The van der Waals surface area contributed by atoms with Crippen LogP contribution in [-0.2, 0) is 26.0 Å². The van der Waals surface area contributed by atoms with Crippen LogP contribution in [-0.4, -0.2) is 50.2 Å². The number of benzene rings is 2. The second-order valence-corrected chi connectivity index (χ2v) is 12.2. The Balaban J connectivity index is 1.81. The van der Waals surface area contributed by atoms with Crippen LogP contribution in [0.2, 0.25) is 4.34 Å². The molecule has 0 saturated carbocycles. The summed E-state index contributed by atoms with van der Waals surface area (Å²) in [6.45, 7) is -0.370. The molecule has 1 saturated heterocycles. The van der Waals surface area contributed by atoms with Gasteiger partial charge in [0.25, 0.3) is 15.9 Å². The van der Waals surface area contributed by atoms with Crippen LogP contribution in [0.25, 0.3) is 0 Å². The minimum Gasteiger partial charge on any atom is -0.447 e. The molecule has 0 radical (unpaired) electrons. The molecule has 39 heavy (non-hydrogen) atoms. The number of rotatable bonds is 8. The molecule has 1 aliphatic rings. The van der Waals surface area contributed by atoms with Crippen LogP contribution in [0.1, 0.15) is 17.0 Å². The number of carbonyl (C=O) groups is 2. The Morgan fingerprint density at radius 1 is 1.10 bits per heavy atom. The van der Waals surface area contributed by atoms with Gasteiger partial charge in [0.15, 0.2) is 0 Å². The first-order valence-corrected chi connectivity index (χ1v) is 13.8. The zero-order valence-electron chi connectivity index (χ0n) is 19.5. The van der Waals surface area contributed by atoms with Gasteiger partial charge < -0.3 is 4.74 Å². The van der Waals surface area contributed by atoms with Crippen molar-refractivity contribution in [2.75, 3.05) is 6.61 Å². The van der Waals surface area contributed by atoms with E-state index in [1.165, 1.54) is 6.07 Å². The van der Waals surface area contributed by atoms with E-state index in [4.69, 9.17) is 16.3 Å². The zero-order valence-corrected chi connectivity index (χ0v) is 21.9. The maximum atomic E-state index is 14.5. The van der Waals surface area contributed by atoms with Gasteiger partial charge >= 0.3 is 12.3 Å². The summed E-state index contributed by atoms with van der Waals surface area (Å²) >= 11 is 6.28. The van der Waals surface area contributed by atoms with Gasteiger partial charge in [0.05, 0.1) is 10.4 Å². The number of thiophene rings is 1. The Labute approximate surface area is 228 Å². The van der Waals surface area contributed by atoms with Crippen LogP contribution in [0.3, 0.4) is 0 Å². The number of nitrogens with one attached hydrogen (secondary N) is 1. The highest BCUT2D eigenvalue weighted by Crippen LogP contribution is 2.40. The molecule has 1 N–H and O–H groups in total. The van der Waals surface area contributed by atoms with Crippen molar-refractivity contribution in [1.82, 2.24) is 9.62 Å². The molecular weight excluding hydrogens is 591 g/mol. The Morgan fingerprint density at radius 3 is 2.31 bits per heavy atom. The minimum absolute atomic E-state index is 0.0103. The lowest BCUT2D eigenvalue weighted by atomic mass is 9.89. The summed E-state index contributed by atoms with van der Waals surface area (Å²) in [5.41, 5.74) is -0.457. The van der Waals surface area contributed by atoms with Crippen molar-refractivity contribution in [2.45, 2.75) is 34.8 Å². The summed E-state index contributed by atoms with van der Waals surface area (Å²) in [5.74, 6) is -7.48. The number of imide groups is 1. The van der Waals surface area contributed by atoms with E-state index in [0.717, 1.165) is 6.07 Å². The lowest BCUT2D eigenvalue weighted by Crippen LogP contribution is -2.56. The van der Waals surface area contributed by atoms with E-state index in [2.05, 4.69) is 0 Å². The van der Waals surface area contributed by atoms with E-state index >= 15 is 0 Å². The first-order chi connectivity index (χ1) is 18.3. The summed E-state index contributed by atoms with van der Waals surface area (Å²) in [7, 11) is -4.84. The second-order valence-electron chi connectivity index (χ2n) is 8.51. The molecule has 3 atom stereocenters. The lowest BCUT2D eigenvalue weighted by molar-refractivity contribution is -0.164. The normalized spacial score (nSPS) is 17.6. The van der Waals surface area contributed by atoms with Crippen LogP contribution in [0.15, 0.2) is 64.9 Å². The molecule has 2 aromatic carbocycles. The maximum Gasteiger partial charge on any atom is 0.417 e. The van der Waals surface area contributed by atoms with E-state index in [0.29, 0.717) is 40.0 Å². The highest BCUT2D eigenvalue weighted by Gasteiger charge is 2.53. The Kier molecular flexibility index (Phi) is 8.30. The van der Waals surface area contributed by atoms with Crippen molar-refractivity contribution in [2.24, 2.45) is 0 Å². The molecule has 0 aliphatic carbocycles. The molecule has 2 heterocycles. The lowest BCUT2D eigenvalue weighted by Gasteiger charge is -2.32. The summed E-state index contributed by atoms with van der Waals surface area (Å²) in [5, 5.41) is 0. The first kappa shape index (κ1) is 28.9. The standard InChI is InChI=1S/C24H18ClF5N2O5S2/c25-18-6-7-19(38-18)39(35,36)31-21(20(24(28,29)30)14-9-15(26)11-16(27)10-14)22(33)32-17(12-37-23(32)34)8-13-4-2-1-3-5-13/h1-7,9-11,17,20-21,31H,8,12H2/t17?,20-,21+/m1/s1. The van der Waals surface area contributed by atoms with Gasteiger partial charge in [-0.05, 0) is 41.8 Å². The molecule has 4 rings (SSSR count). The zero-order chi connectivity index (χ0) is 28.5. The number of ether oxygens (including phenoxy) is 1. The largest absolute Gasteiger partial charge is 0.447 e. The van der Waals surface area contributed by atoms with Gasteiger partial charge in [-0.15, -0.1) is 11.3 Å². The van der Waals surface area contributed by atoms with E-state index in [9.17, 15) is 40.0 Å². The smallest absolute Gasteiger partial charge is 0.417 e. The number of amides is 2. The number of halogens is 6. The van der Waals surface area contributed by atoms with Gasteiger partial charge in [-0.25, -0.2) is 26.9 Å². The second kappa shape index (κ2) is 11.2. The first-order valence-electron chi connectivity index (χ1n) is 11.1. The summed E-state index contributed by atoms with van der Waals surface area (Å²) < 4.78 is 104. The van der Waals surface area contributed by atoms with Crippen molar-refractivity contribution in [3.8, 4) is 0 Å². The number of alkyl halides is 3. The Bertz CT molecular complexity index is 1460. The monoisotopic (exact) mass is 608 g/mol. The van der Waals surface area contributed by atoms with Gasteiger partial charge in [-0.3, -0.25) is 4.79 Å². The van der Waals surface area contributed by atoms with Gasteiger partial charge in [0.1, 0.15) is 34.4 Å². The average molecular weight is 609 g/mol. The number of hydrogen-bond acceptors (Lipinski definition) is 6. The highest BCUT2D eigenvalue weighted by molar-refractivity contribution is 7.91. The number of nitrogens with zero attached hydrogens (tertiary/aromatic N) is 1. The van der Waals surface area contributed by atoms with E-state index in [1.807, 2.05) is 0 Å². The highest BCUT2D eigenvalue weighted by atomic mass is 35.5. The molecule has 1 unspecified atom stereocenters. The molecule has 15 heteroatoms. The van der Waals surface area contributed by atoms with E-state index in [1.54, 1.807) is 35.1 Å². The van der Waals surface area contributed by atoms with E-state index < -0.39 is 67.6 Å². The molecule has 2 amide bonds. The fourth-order valence-corrected chi connectivity index (χ4v) is 6.87. The van der Waals surface area contributed by atoms with Crippen molar-refractivity contribution < 1.29 is 44.7 Å². The third-order valence-electron chi connectivity index (χ3n) is 5.80. The van der Waals surface area contributed by atoms with Crippen molar-refractivity contribution >= 4 is 45.0 Å². The van der Waals surface area contributed by atoms with Crippen LogP contribution in [0, 0.1) is 11.6 Å². The minimum atomic E-state index is -5.41. The maximum absolute atomic E-state index is 14.5. The topological polar surface area (TPSA) is 92.8 Å². The average Bonchev–Trinajstić information content (AvgIpc) is 3.43. The molecule has 3 aromatic rings. The number of cyclic esters (lactones) is 1. The molecular formula is C24H18ClF5N2O5S2. The third-order valence-corrected chi connectivity index (χ3v) is 8.97. The summed E-state index contributed by atoms with van der Waals surface area (Å²) in [4.78, 5) is 26.7. The van der Waals surface area contributed by atoms with Gasteiger partial charge in [0.2, 0.25) is 0 Å². The number of hydrogen-bond donors (Lipinski definition) is 1. The van der Waals surface area contributed by atoms with Crippen molar-refractivity contribution in [3.63, 3.8) is 0 Å². The Hall–Kier alpha value is -3.07. The predicted molar refractivity (Wildman–Crippen MR) is 131 cm³/mol. The van der Waals surface area contributed by atoms with Crippen LogP contribution in [0.4, 0.5) is 26.7 Å².